The molecule has 0 aliphatic carbocycles. The second kappa shape index (κ2) is 8.26. The molecule has 1 amide bonds. The minimum absolute atomic E-state index is 0.0168. The van der Waals surface area contributed by atoms with Gasteiger partial charge >= 0.3 is 0 Å². The number of nitro groups is 1. The van der Waals surface area contributed by atoms with Gasteiger partial charge in [-0.25, -0.2) is 0 Å². The second-order valence-electron chi connectivity index (χ2n) is 5.79. The number of rotatable bonds is 5. The predicted molar refractivity (Wildman–Crippen MR) is 98.5 cm³/mol. The van der Waals surface area contributed by atoms with Gasteiger partial charge in [0.05, 0.1) is 18.1 Å². The maximum atomic E-state index is 12.5. The van der Waals surface area contributed by atoms with Gasteiger partial charge in [0.2, 0.25) is 5.91 Å². The second-order valence-corrected chi connectivity index (χ2v) is 5.79. The average Bonchev–Trinajstić information content (AvgIpc) is 2.68. The number of hydrogen-bond donors (Lipinski definition) is 1. The summed E-state index contributed by atoms with van der Waals surface area (Å²) in [6.07, 6.45) is 1.56. The van der Waals surface area contributed by atoms with E-state index in [4.69, 9.17) is 4.74 Å². The fourth-order valence-electron chi connectivity index (χ4n) is 2.74. The summed E-state index contributed by atoms with van der Waals surface area (Å²) >= 11 is 0. The Labute approximate surface area is 151 Å². The maximum Gasteiger partial charge on any atom is 0.269 e. The Bertz CT molecular complexity index is 797. The van der Waals surface area contributed by atoms with Crippen LogP contribution in [0.4, 0.5) is 11.4 Å². The van der Waals surface area contributed by atoms with Crippen molar-refractivity contribution < 1.29 is 14.5 Å². The molecule has 0 saturated carbocycles. The van der Waals surface area contributed by atoms with Crippen LogP contribution in [0.3, 0.4) is 0 Å². The fraction of sp³-hybridized carbons (Fsp3) is 0.211. The highest BCUT2D eigenvalue weighted by Crippen LogP contribution is 2.21. The molecular formula is C19H19N3O4. The molecule has 0 aromatic heterocycles. The van der Waals surface area contributed by atoms with Gasteiger partial charge in [0.1, 0.15) is 0 Å². The third kappa shape index (κ3) is 4.46. The molecule has 0 bridgehead atoms. The molecule has 7 heteroatoms. The van der Waals surface area contributed by atoms with Crippen molar-refractivity contribution in [2.45, 2.75) is 0 Å². The Morgan fingerprint density at radius 3 is 2.35 bits per heavy atom. The first kappa shape index (κ1) is 17.6. The Balaban J connectivity index is 1.79. The molecule has 1 N–H and O–H groups in total. The third-order valence-electron chi connectivity index (χ3n) is 4.03. The smallest absolute Gasteiger partial charge is 0.269 e. The molecule has 1 saturated heterocycles. The van der Waals surface area contributed by atoms with Crippen LogP contribution in [0.5, 0.6) is 0 Å². The molecule has 1 aliphatic rings. The number of carbonyl (C=O) groups excluding carboxylic acids is 1. The summed E-state index contributed by atoms with van der Waals surface area (Å²) in [5, 5.41) is 13.5. The molecule has 0 unspecified atom stereocenters. The SMILES string of the molecule is O=C(/C=C(\c1ccccc1)N1CCOCC1)Nc1ccc([N+](=O)[O-])cc1. The van der Waals surface area contributed by atoms with Crippen LogP contribution in [0.15, 0.2) is 60.7 Å². The molecule has 0 spiro atoms. The molecule has 7 nitrogen and oxygen atoms in total. The van der Waals surface area contributed by atoms with Gasteiger partial charge in [-0.2, -0.15) is 0 Å². The quantitative estimate of drug-likeness (QED) is 0.507. The lowest BCUT2D eigenvalue weighted by Crippen LogP contribution is -2.35. The number of nitro benzene ring substituents is 1. The van der Waals surface area contributed by atoms with Crippen molar-refractivity contribution in [1.82, 2.24) is 4.90 Å². The molecule has 2 aromatic carbocycles. The van der Waals surface area contributed by atoms with Crippen LogP contribution in [0.1, 0.15) is 5.56 Å². The largest absolute Gasteiger partial charge is 0.378 e. The zero-order valence-electron chi connectivity index (χ0n) is 14.1. The summed E-state index contributed by atoms with van der Waals surface area (Å²) in [6, 6.07) is 15.5. The van der Waals surface area contributed by atoms with E-state index >= 15 is 0 Å². The number of anilines is 1. The van der Waals surface area contributed by atoms with Crippen LogP contribution in [0, 0.1) is 10.1 Å². The number of amides is 1. The van der Waals surface area contributed by atoms with E-state index in [0.717, 1.165) is 11.3 Å². The summed E-state index contributed by atoms with van der Waals surface area (Å²) in [7, 11) is 0. The molecule has 26 heavy (non-hydrogen) atoms. The number of morpholine rings is 1. The van der Waals surface area contributed by atoms with Gasteiger partial charge in [-0.05, 0) is 17.7 Å². The Morgan fingerprint density at radius 2 is 1.73 bits per heavy atom. The molecule has 3 rings (SSSR count). The number of non-ortho nitro benzene ring substituents is 1. The van der Waals surface area contributed by atoms with Crippen molar-refractivity contribution in [3.05, 3.63) is 76.4 Å². The van der Waals surface area contributed by atoms with E-state index < -0.39 is 4.92 Å². The fourth-order valence-corrected chi connectivity index (χ4v) is 2.74. The minimum Gasteiger partial charge on any atom is -0.378 e. The number of ether oxygens (including phenoxy) is 1. The van der Waals surface area contributed by atoms with Gasteiger partial charge in [0, 0.05) is 42.7 Å². The van der Waals surface area contributed by atoms with Crippen molar-refractivity contribution in [2.24, 2.45) is 0 Å². The first-order valence-corrected chi connectivity index (χ1v) is 8.29. The molecule has 1 aliphatic heterocycles. The van der Waals surface area contributed by atoms with E-state index in [9.17, 15) is 14.9 Å². The minimum atomic E-state index is -0.475. The van der Waals surface area contributed by atoms with Gasteiger partial charge in [-0.15, -0.1) is 0 Å². The van der Waals surface area contributed by atoms with Gasteiger partial charge in [0.25, 0.3) is 5.69 Å². The standard InChI is InChI=1S/C19H19N3O4/c23-19(20-16-6-8-17(9-7-16)22(24)25)14-18(15-4-2-1-3-5-15)21-10-12-26-13-11-21/h1-9,14H,10-13H2,(H,20,23)/b18-14+. The highest BCUT2D eigenvalue weighted by molar-refractivity contribution is 6.03. The molecule has 1 heterocycles. The summed E-state index contributed by atoms with van der Waals surface area (Å²) in [6.45, 7) is 2.67. The summed E-state index contributed by atoms with van der Waals surface area (Å²) < 4.78 is 5.39. The zero-order chi connectivity index (χ0) is 18.4. The summed E-state index contributed by atoms with van der Waals surface area (Å²) in [5.41, 5.74) is 2.27. The van der Waals surface area contributed by atoms with E-state index in [0.29, 0.717) is 32.0 Å². The molecule has 2 aromatic rings. The molecular weight excluding hydrogens is 334 g/mol. The molecule has 0 radical (unpaired) electrons. The van der Waals surface area contributed by atoms with Crippen LogP contribution >= 0.6 is 0 Å². The Hall–Kier alpha value is -3.19. The molecule has 134 valence electrons. The number of nitrogens with one attached hydrogen (secondary N) is 1. The van der Waals surface area contributed by atoms with E-state index in [2.05, 4.69) is 10.2 Å². The topological polar surface area (TPSA) is 84.7 Å². The van der Waals surface area contributed by atoms with Crippen LogP contribution in [-0.2, 0) is 9.53 Å². The predicted octanol–water partition coefficient (Wildman–Crippen LogP) is 2.91. The lowest BCUT2D eigenvalue weighted by atomic mass is 10.1. The number of nitrogens with zero attached hydrogens (tertiary/aromatic N) is 2. The lowest BCUT2D eigenvalue weighted by Gasteiger charge is -2.31. The van der Waals surface area contributed by atoms with Crippen LogP contribution in [0.25, 0.3) is 5.70 Å². The highest BCUT2D eigenvalue weighted by atomic mass is 16.6. The van der Waals surface area contributed by atoms with E-state index in [-0.39, 0.29) is 11.6 Å². The Kier molecular flexibility index (Phi) is 5.60. The number of benzene rings is 2. The summed E-state index contributed by atoms with van der Waals surface area (Å²) in [4.78, 5) is 24.8. The Morgan fingerprint density at radius 1 is 1.08 bits per heavy atom. The highest BCUT2D eigenvalue weighted by Gasteiger charge is 2.16. The molecule has 0 atom stereocenters. The number of carbonyl (C=O) groups is 1. The van der Waals surface area contributed by atoms with E-state index in [1.165, 1.54) is 24.3 Å². The summed E-state index contributed by atoms with van der Waals surface area (Å²) in [5.74, 6) is -0.288. The lowest BCUT2D eigenvalue weighted by molar-refractivity contribution is -0.384. The third-order valence-corrected chi connectivity index (χ3v) is 4.03. The van der Waals surface area contributed by atoms with Gasteiger partial charge < -0.3 is 15.0 Å². The van der Waals surface area contributed by atoms with Gasteiger partial charge in [-0.3, -0.25) is 14.9 Å². The van der Waals surface area contributed by atoms with Crippen LogP contribution in [0.2, 0.25) is 0 Å². The zero-order valence-corrected chi connectivity index (χ0v) is 14.1. The van der Waals surface area contributed by atoms with Gasteiger partial charge in [0.15, 0.2) is 0 Å². The molecule has 1 fully saturated rings. The average molecular weight is 353 g/mol. The van der Waals surface area contributed by atoms with E-state index in [1.54, 1.807) is 6.08 Å². The van der Waals surface area contributed by atoms with Crippen molar-refractivity contribution in [3.8, 4) is 0 Å². The monoisotopic (exact) mass is 353 g/mol. The first-order chi connectivity index (χ1) is 12.6. The van der Waals surface area contributed by atoms with Crippen molar-refractivity contribution in [3.63, 3.8) is 0 Å². The first-order valence-electron chi connectivity index (χ1n) is 8.29. The van der Waals surface area contributed by atoms with Crippen molar-refractivity contribution in [1.29, 1.82) is 0 Å². The van der Waals surface area contributed by atoms with Crippen molar-refractivity contribution >= 4 is 23.0 Å². The van der Waals surface area contributed by atoms with Crippen molar-refractivity contribution in [2.75, 3.05) is 31.6 Å². The maximum absolute atomic E-state index is 12.5. The number of hydrogen-bond acceptors (Lipinski definition) is 5. The van der Waals surface area contributed by atoms with Crippen LogP contribution in [-0.4, -0.2) is 42.0 Å². The van der Waals surface area contributed by atoms with E-state index in [1.807, 2.05) is 30.3 Å². The normalized spacial score (nSPS) is 14.8. The van der Waals surface area contributed by atoms with Crippen LogP contribution < -0.4 is 5.32 Å². The van der Waals surface area contributed by atoms with Gasteiger partial charge in [-0.1, -0.05) is 30.3 Å².